The first-order valence-corrected chi connectivity index (χ1v) is 10.3. The number of aliphatic hydroxyl groups is 1. The molecule has 5 heterocycles. The summed E-state index contributed by atoms with van der Waals surface area (Å²) in [7, 11) is 0. The summed E-state index contributed by atoms with van der Waals surface area (Å²) >= 11 is 0. The van der Waals surface area contributed by atoms with Crippen LogP contribution in [0.3, 0.4) is 0 Å². The molecule has 1 fully saturated rings. The zero-order valence-corrected chi connectivity index (χ0v) is 17.5. The van der Waals surface area contributed by atoms with Crippen molar-refractivity contribution in [3.63, 3.8) is 0 Å². The van der Waals surface area contributed by atoms with Crippen LogP contribution in [0.25, 0.3) is 5.82 Å². The topological polar surface area (TPSA) is 139 Å². The van der Waals surface area contributed by atoms with Crippen LogP contribution in [-0.4, -0.2) is 84.5 Å². The van der Waals surface area contributed by atoms with Gasteiger partial charge in [0.2, 0.25) is 0 Å². The van der Waals surface area contributed by atoms with Crippen molar-refractivity contribution in [2.45, 2.75) is 25.9 Å². The highest BCUT2D eigenvalue weighted by Gasteiger charge is 2.48. The Labute approximate surface area is 183 Å². The number of cyclic esters (lactones) is 1. The maximum atomic E-state index is 13.1. The number of esters is 1. The fourth-order valence-electron chi connectivity index (χ4n) is 4.19. The third kappa shape index (κ3) is 3.46. The number of nitrogens with zero attached hydrogens (tertiary/aromatic N) is 8. The molecule has 1 amide bonds. The number of ether oxygens (including phenoxy) is 1. The number of hydrazone groups is 1. The molecule has 0 radical (unpaired) electrons. The van der Waals surface area contributed by atoms with E-state index in [-0.39, 0.29) is 12.5 Å². The highest BCUT2D eigenvalue weighted by atomic mass is 16.5. The van der Waals surface area contributed by atoms with E-state index < -0.39 is 17.5 Å². The van der Waals surface area contributed by atoms with Crippen LogP contribution in [0, 0.1) is 5.41 Å². The molecule has 2 aromatic heterocycles. The SMILES string of the molecule is CC1=C(N2N=CC3(CCN(CC(O)c4ccc(-n5cnnn5)nc4)CC3)C2=O)COC1=O. The molecule has 1 N–H and O–H groups in total. The Balaban J connectivity index is 1.19. The second kappa shape index (κ2) is 7.88. The largest absolute Gasteiger partial charge is 0.456 e. The Morgan fingerprint density at radius 1 is 1.25 bits per heavy atom. The lowest BCUT2D eigenvalue weighted by atomic mass is 9.79. The van der Waals surface area contributed by atoms with E-state index in [4.69, 9.17) is 4.74 Å². The third-order valence-corrected chi connectivity index (χ3v) is 6.29. The Hall–Kier alpha value is -3.51. The summed E-state index contributed by atoms with van der Waals surface area (Å²) in [6, 6.07) is 3.54. The van der Waals surface area contributed by atoms with Crippen LogP contribution in [-0.2, 0) is 14.3 Å². The first kappa shape index (κ1) is 20.4. The quantitative estimate of drug-likeness (QED) is 0.630. The minimum Gasteiger partial charge on any atom is -0.456 e. The number of rotatable bonds is 5. The maximum absolute atomic E-state index is 13.1. The van der Waals surface area contributed by atoms with Crippen LogP contribution in [0.5, 0.6) is 0 Å². The average molecular weight is 438 g/mol. The van der Waals surface area contributed by atoms with E-state index in [1.165, 1.54) is 16.0 Å². The first-order chi connectivity index (χ1) is 15.5. The van der Waals surface area contributed by atoms with Gasteiger partial charge in [-0.15, -0.1) is 5.10 Å². The van der Waals surface area contributed by atoms with Crippen molar-refractivity contribution in [3.8, 4) is 5.82 Å². The fraction of sp³-hybridized carbons (Fsp3) is 0.450. The second-order valence-electron chi connectivity index (χ2n) is 8.19. The molecule has 1 spiro atoms. The number of carbonyl (C=O) groups is 2. The molecule has 5 rings (SSSR count). The molecule has 3 aliphatic heterocycles. The van der Waals surface area contributed by atoms with E-state index in [0.717, 1.165) is 0 Å². The number of carbonyl (C=O) groups excluding carboxylic acids is 2. The molecule has 1 atom stereocenters. The van der Waals surface area contributed by atoms with Crippen LogP contribution >= 0.6 is 0 Å². The second-order valence-corrected chi connectivity index (χ2v) is 8.19. The summed E-state index contributed by atoms with van der Waals surface area (Å²) in [5.74, 6) is 0.0372. The number of pyridine rings is 1. The van der Waals surface area contributed by atoms with Crippen LogP contribution in [0.4, 0.5) is 0 Å². The number of hydrogen-bond acceptors (Lipinski definition) is 10. The van der Waals surface area contributed by atoms with Crippen molar-refractivity contribution in [2.75, 3.05) is 26.2 Å². The normalized spacial score (nSPS) is 21.6. The van der Waals surface area contributed by atoms with Gasteiger partial charge in [-0.25, -0.2) is 14.8 Å². The minimum absolute atomic E-state index is 0.0718. The molecule has 12 nitrogen and oxygen atoms in total. The molecule has 0 saturated carbocycles. The summed E-state index contributed by atoms with van der Waals surface area (Å²) in [5, 5.41) is 27.2. The fourth-order valence-corrected chi connectivity index (χ4v) is 4.19. The van der Waals surface area contributed by atoms with Crippen LogP contribution in [0.15, 0.2) is 41.0 Å². The predicted octanol–water partition coefficient (Wildman–Crippen LogP) is -0.168. The first-order valence-electron chi connectivity index (χ1n) is 10.3. The molecule has 1 saturated heterocycles. The highest BCUT2D eigenvalue weighted by Crippen LogP contribution is 2.38. The summed E-state index contributed by atoms with van der Waals surface area (Å²) in [5.41, 5.74) is 0.964. The molecule has 0 bridgehead atoms. The molecule has 0 aromatic carbocycles. The summed E-state index contributed by atoms with van der Waals surface area (Å²) in [6.45, 7) is 3.44. The van der Waals surface area contributed by atoms with Gasteiger partial charge < -0.3 is 14.7 Å². The van der Waals surface area contributed by atoms with E-state index in [1.807, 2.05) is 0 Å². The Bertz CT molecular complexity index is 1090. The summed E-state index contributed by atoms with van der Waals surface area (Å²) < 4.78 is 6.45. The highest BCUT2D eigenvalue weighted by molar-refractivity contribution is 6.04. The number of tetrazole rings is 1. The van der Waals surface area contributed by atoms with Crippen LogP contribution in [0.1, 0.15) is 31.4 Å². The van der Waals surface area contributed by atoms with Gasteiger partial charge in [0.15, 0.2) is 5.82 Å². The van der Waals surface area contributed by atoms with Crippen molar-refractivity contribution in [1.29, 1.82) is 0 Å². The van der Waals surface area contributed by atoms with Gasteiger partial charge >= 0.3 is 5.97 Å². The molecule has 12 heteroatoms. The Morgan fingerprint density at radius 3 is 2.69 bits per heavy atom. The van der Waals surface area contributed by atoms with E-state index in [9.17, 15) is 14.7 Å². The predicted molar refractivity (Wildman–Crippen MR) is 109 cm³/mol. The molecule has 32 heavy (non-hydrogen) atoms. The molecule has 3 aliphatic rings. The molecule has 166 valence electrons. The van der Waals surface area contributed by atoms with Crippen molar-refractivity contribution in [1.82, 2.24) is 35.1 Å². The van der Waals surface area contributed by atoms with E-state index in [0.29, 0.717) is 55.1 Å². The van der Waals surface area contributed by atoms with Gasteiger partial charge in [-0.05, 0) is 49.3 Å². The Kier molecular flexibility index (Phi) is 5.02. The minimum atomic E-state index is -0.710. The molecular formula is C20H22N8O4. The van der Waals surface area contributed by atoms with Gasteiger partial charge in [-0.1, -0.05) is 6.07 Å². The van der Waals surface area contributed by atoms with Crippen LogP contribution < -0.4 is 0 Å². The molecular weight excluding hydrogens is 416 g/mol. The number of β-amino-alcohol motifs (C(OH)–C–C–N with tert-alkyl or cyclic N) is 1. The zero-order chi connectivity index (χ0) is 22.3. The lowest BCUT2D eigenvalue weighted by Crippen LogP contribution is -2.47. The number of aromatic nitrogens is 5. The van der Waals surface area contributed by atoms with Gasteiger partial charge in [0, 0.05) is 24.5 Å². The van der Waals surface area contributed by atoms with Gasteiger partial charge in [0.05, 0.1) is 22.8 Å². The molecule has 1 unspecified atom stereocenters. The lowest BCUT2D eigenvalue weighted by molar-refractivity contribution is -0.138. The average Bonchev–Trinajstić information content (AvgIpc) is 3.53. The van der Waals surface area contributed by atoms with E-state index >= 15 is 0 Å². The van der Waals surface area contributed by atoms with Gasteiger partial charge in [0.1, 0.15) is 12.9 Å². The maximum Gasteiger partial charge on any atom is 0.336 e. The molecule has 2 aromatic rings. The standard InChI is InChI=1S/C20H22N8O4/c1-13-15(10-32-18(13)30)28-19(31)20(11-23-28)4-6-26(7-5-20)9-16(29)14-2-3-17(21-8-14)27-12-22-24-25-27/h2-3,8,11-12,16,29H,4-7,9-10H2,1H3. The number of piperidine rings is 1. The third-order valence-electron chi connectivity index (χ3n) is 6.29. The smallest absolute Gasteiger partial charge is 0.336 e. The monoisotopic (exact) mass is 438 g/mol. The number of amides is 1. The van der Waals surface area contributed by atoms with Gasteiger partial charge in [-0.3, -0.25) is 4.79 Å². The van der Waals surface area contributed by atoms with Gasteiger partial charge in [0.25, 0.3) is 5.91 Å². The Morgan fingerprint density at radius 2 is 2.06 bits per heavy atom. The van der Waals surface area contributed by atoms with Gasteiger partial charge in [-0.2, -0.15) is 9.78 Å². The summed E-state index contributed by atoms with van der Waals surface area (Å²) in [6.07, 6.45) is 5.24. The van der Waals surface area contributed by atoms with E-state index in [1.54, 1.807) is 31.5 Å². The lowest BCUT2D eigenvalue weighted by Gasteiger charge is -2.37. The van der Waals surface area contributed by atoms with Crippen molar-refractivity contribution in [3.05, 3.63) is 41.5 Å². The summed E-state index contributed by atoms with van der Waals surface area (Å²) in [4.78, 5) is 31.2. The number of likely N-dealkylation sites (tertiary alicyclic amines) is 1. The number of aliphatic hydroxyl groups excluding tert-OH is 1. The van der Waals surface area contributed by atoms with Crippen LogP contribution in [0.2, 0.25) is 0 Å². The van der Waals surface area contributed by atoms with Crippen molar-refractivity contribution >= 4 is 18.1 Å². The van der Waals surface area contributed by atoms with E-state index in [2.05, 4.69) is 30.5 Å². The molecule has 0 aliphatic carbocycles. The van der Waals surface area contributed by atoms with Crippen molar-refractivity contribution < 1.29 is 19.4 Å². The van der Waals surface area contributed by atoms with Crippen molar-refractivity contribution in [2.24, 2.45) is 10.5 Å². The zero-order valence-electron chi connectivity index (χ0n) is 17.5. The number of hydrogen-bond donors (Lipinski definition) is 1.